The first kappa shape index (κ1) is 26.6. The molecule has 0 bridgehead atoms. The Morgan fingerprint density at radius 3 is 2.52 bits per heavy atom. The van der Waals surface area contributed by atoms with Gasteiger partial charge < -0.3 is 25.4 Å². The molecule has 2 rings (SSSR count). The number of nitrogens with zero attached hydrogens (tertiary/aromatic N) is 1. The number of rotatable bonds is 7. The van der Waals surface area contributed by atoms with E-state index >= 15 is 0 Å². The lowest BCUT2D eigenvalue weighted by Gasteiger charge is -2.33. The molecule has 33 heavy (non-hydrogen) atoms. The van der Waals surface area contributed by atoms with Crippen LogP contribution in [0.2, 0.25) is 0 Å². The summed E-state index contributed by atoms with van der Waals surface area (Å²) in [5.74, 6) is 1.54. The first-order chi connectivity index (χ1) is 15.4. The molecule has 1 aromatic rings. The number of hydrogen-bond donors (Lipinski definition) is 3. The topological polar surface area (TPSA) is 108 Å². The number of terminal acetylenes is 1. The van der Waals surface area contributed by atoms with Crippen LogP contribution in [0.4, 0.5) is 4.79 Å². The van der Waals surface area contributed by atoms with Crippen molar-refractivity contribution >= 4 is 29.7 Å². The van der Waals surface area contributed by atoms with Crippen LogP contribution in [-0.2, 0) is 20.7 Å². The lowest BCUT2D eigenvalue weighted by molar-refractivity contribution is -0.147. The van der Waals surface area contributed by atoms with E-state index in [9.17, 15) is 19.5 Å². The van der Waals surface area contributed by atoms with Gasteiger partial charge in [0.15, 0.2) is 6.10 Å². The number of hydrogen-bond acceptors (Lipinski definition) is 6. The maximum absolute atomic E-state index is 13.4. The molecule has 1 heterocycles. The van der Waals surface area contributed by atoms with Gasteiger partial charge in [0, 0.05) is 4.75 Å². The minimum absolute atomic E-state index is 0.0392. The van der Waals surface area contributed by atoms with Gasteiger partial charge in [-0.25, -0.2) is 4.79 Å². The molecule has 3 N–H and O–H groups in total. The average Bonchev–Trinajstić information content (AvgIpc) is 3.04. The largest absolute Gasteiger partial charge is 0.444 e. The van der Waals surface area contributed by atoms with Gasteiger partial charge in [-0.1, -0.05) is 36.3 Å². The number of thioether (sulfide) groups is 1. The summed E-state index contributed by atoms with van der Waals surface area (Å²) in [6.45, 7) is 8.93. The van der Waals surface area contributed by atoms with Gasteiger partial charge in [0.2, 0.25) is 5.91 Å². The molecule has 3 atom stereocenters. The van der Waals surface area contributed by atoms with Crippen LogP contribution in [0.25, 0.3) is 0 Å². The van der Waals surface area contributed by atoms with Gasteiger partial charge in [0.1, 0.15) is 11.6 Å². The summed E-state index contributed by atoms with van der Waals surface area (Å²) in [6.07, 6.45) is 3.12. The number of nitrogens with one attached hydrogen (secondary N) is 2. The first-order valence-corrected chi connectivity index (χ1v) is 11.7. The van der Waals surface area contributed by atoms with Crippen molar-refractivity contribution in [2.45, 2.75) is 69.6 Å². The fraction of sp³-hybridized carbons (Fsp3) is 0.542. The summed E-state index contributed by atoms with van der Waals surface area (Å²) in [7, 11) is 0. The number of carbonyl (C=O) groups is 3. The molecule has 1 aliphatic rings. The highest BCUT2D eigenvalue weighted by atomic mass is 32.2. The number of ether oxygens (including phenoxy) is 1. The van der Waals surface area contributed by atoms with Gasteiger partial charge in [-0.2, -0.15) is 0 Å². The van der Waals surface area contributed by atoms with Crippen LogP contribution < -0.4 is 10.6 Å². The standard InChI is InChI=1S/C24H33N3O5S/c1-7-13-25-20(29)19-24(5,6)33-15-27(19)21(30)18(28)17(14-16-11-9-8-10-12-16)26-22(31)32-23(2,3)4/h1,8-12,17-19,28H,13-15H2,2-6H3,(H,25,29)(H,26,31)/t17-,18-,19+/m0/s1. The Hall–Kier alpha value is -2.70. The third-order valence-corrected chi connectivity index (χ3v) is 6.45. The second kappa shape index (κ2) is 10.9. The minimum atomic E-state index is -1.59. The molecule has 1 aromatic carbocycles. The molecule has 0 aliphatic carbocycles. The highest BCUT2D eigenvalue weighted by Crippen LogP contribution is 2.39. The number of carbonyl (C=O) groups excluding carboxylic acids is 3. The van der Waals surface area contributed by atoms with Crippen molar-refractivity contribution < 1.29 is 24.2 Å². The summed E-state index contributed by atoms with van der Waals surface area (Å²) in [5.41, 5.74) is 0.0801. The van der Waals surface area contributed by atoms with Crippen molar-refractivity contribution in [3.63, 3.8) is 0 Å². The van der Waals surface area contributed by atoms with Crippen molar-refractivity contribution in [2.24, 2.45) is 0 Å². The average molecular weight is 476 g/mol. The molecule has 8 nitrogen and oxygen atoms in total. The van der Waals surface area contributed by atoms with E-state index in [0.717, 1.165) is 5.56 Å². The lowest BCUT2D eigenvalue weighted by Crippen LogP contribution is -2.59. The van der Waals surface area contributed by atoms with Crippen LogP contribution in [0.15, 0.2) is 30.3 Å². The zero-order chi connectivity index (χ0) is 24.8. The van der Waals surface area contributed by atoms with Crippen molar-refractivity contribution in [1.29, 1.82) is 0 Å². The third kappa shape index (κ3) is 7.41. The van der Waals surface area contributed by atoms with Gasteiger partial charge in [-0.15, -0.1) is 18.2 Å². The number of amides is 3. The van der Waals surface area contributed by atoms with E-state index in [1.54, 1.807) is 20.8 Å². The summed E-state index contributed by atoms with van der Waals surface area (Å²) in [6, 6.07) is 7.41. The maximum atomic E-state index is 13.4. The van der Waals surface area contributed by atoms with Gasteiger partial charge in [0.05, 0.1) is 18.5 Å². The Bertz CT molecular complexity index is 892. The molecule has 180 valence electrons. The predicted molar refractivity (Wildman–Crippen MR) is 128 cm³/mol. The summed E-state index contributed by atoms with van der Waals surface area (Å²) >= 11 is 1.43. The molecule has 9 heteroatoms. The van der Waals surface area contributed by atoms with Crippen molar-refractivity contribution in [3.05, 3.63) is 35.9 Å². The maximum Gasteiger partial charge on any atom is 0.407 e. The number of alkyl carbamates (subject to hydrolysis) is 1. The Morgan fingerprint density at radius 2 is 1.94 bits per heavy atom. The van der Waals surface area contributed by atoms with Crippen LogP contribution in [-0.4, -0.2) is 68.9 Å². The van der Waals surface area contributed by atoms with Crippen molar-refractivity contribution in [3.8, 4) is 12.3 Å². The highest BCUT2D eigenvalue weighted by molar-refractivity contribution is 8.00. The molecular weight excluding hydrogens is 442 g/mol. The van der Waals surface area contributed by atoms with Crippen LogP contribution in [0.1, 0.15) is 40.2 Å². The monoisotopic (exact) mass is 475 g/mol. The molecule has 1 fully saturated rings. The van der Waals surface area contributed by atoms with Gasteiger partial charge in [0.25, 0.3) is 5.91 Å². The van der Waals surface area contributed by atoms with E-state index in [1.165, 1.54) is 16.7 Å². The Morgan fingerprint density at radius 1 is 1.30 bits per heavy atom. The predicted octanol–water partition coefficient (Wildman–Crippen LogP) is 1.91. The van der Waals surface area contributed by atoms with Gasteiger partial charge >= 0.3 is 6.09 Å². The van der Waals surface area contributed by atoms with E-state index < -0.39 is 40.5 Å². The number of benzene rings is 1. The second-order valence-electron chi connectivity index (χ2n) is 9.40. The number of aliphatic hydroxyl groups is 1. The first-order valence-electron chi connectivity index (χ1n) is 10.7. The fourth-order valence-electron chi connectivity index (χ4n) is 3.56. The van der Waals surface area contributed by atoms with Gasteiger partial charge in [-0.05, 0) is 46.6 Å². The fourth-order valence-corrected chi connectivity index (χ4v) is 4.70. The van der Waals surface area contributed by atoms with E-state index in [1.807, 2.05) is 44.2 Å². The number of aliphatic hydroxyl groups excluding tert-OH is 1. The quantitative estimate of drug-likeness (QED) is 0.520. The zero-order valence-corrected chi connectivity index (χ0v) is 20.6. The van der Waals surface area contributed by atoms with E-state index in [0.29, 0.717) is 0 Å². The minimum Gasteiger partial charge on any atom is -0.444 e. The van der Waals surface area contributed by atoms with Crippen molar-refractivity contribution in [1.82, 2.24) is 15.5 Å². The Balaban J connectivity index is 2.26. The molecule has 0 radical (unpaired) electrons. The molecule has 0 aromatic heterocycles. The Kier molecular flexibility index (Phi) is 8.81. The van der Waals surface area contributed by atoms with Gasteiger partial charge in [-0.3, -0.25) is 9.59 Å². The molecule has 0 saturated carbocycles. The van der Waals surface area contributed by atoms with Crippen LogP contribution in [0, 0.1) is 12.3 Å². The summed E-state index contributed by atoms with van der Waals surface area (Å²) in [4.78, 5) is 39.9. The van der Waals surface area contributed by atoms with E-state index in [2.05, 4.69) is 16.6 Å². The van der Waals surface area contributed by atoms with E-state index in [-0.39, 0.29) is 24.7 Å². The molecule has 0 spiro atoms. The van der Waals surface area contributed by atoms with E-state index in [4.69, 9.17) is 11.2 Å². The molecule has 3 amide bonds. The van der Waals surface area contributed by atoms with Crippen LogP contribution in [0.3, 0.4) is 0 Å². The smallest absolute Gasteiger partial charge is 0.407 e. The lowest BCUT2D eigenvalue weighted by atomic mass is 9.97. The van der Waals surface area contributed by atoms with Crippen LogP contribution in [0.5, 0.6) is 0 Å². The molecular formula is C24H33N3O5S. The summed E-state index contributed by atoms with van der Waals surface area (Å²) < 4.78 is 4.74. The molecule has 0 unspecified atom stereocenters. The van der Waals surface area contributed by atoms with Crippen LogP contribution >= 0.6 is 11.8 Å². The Labute approximate surface area is 199 Å². The zero-order valence-electron chi connectivity index (χ0n) is 19.8. The third-order valence-electron chi connectivity index (χ3n) is 5.08. The highest BCUT2D eigenvalue weighted by Gasteiger charge is 2.49. The molecule has 1 aliphatic heterocycles. The molecule has 1 saturated heterocycles. The second-order valence-corrected chi connectivity index (χ2v) is 11.0. The van der Waals surface area contributed by atoms with Crippen molar-refractivity contribution in [2.75, 3.05) is 12.4 Å². The summed E-state index contributed by atoms with van der Waals surface area (Å²) in [5, 5.41) is 16.3. The SMILES string of the molecule is C#CCNC(=O)[C@H]1N(C(=O)[C@@H](O)[C@H](Cc2ccccc2)NC(=O)OC(C)(C)C)CSC1(C)C. The normalized spacial score (nSPS) is 19.2.